The maximum atomic E-state index is 14.1. The van der Waals surface area contributed by atoms with Crippen molar-refractivity contribution in [3.8, 4) is 5.75 Å². The molecule has 12 heteroatoms. The molecule has 6 rings (SSSR count). The van der Waals surface area contributed by atoms with Gasteiger partial charge in [-0.3, -0.25) is 24.1 Å². The lowest BCUT2D eigenvalue weighted by Gasteiger charge is -2.51. The molecule has 4 aliphatic carbocycles. The number of ketones is 2. The second kappa shape index (κ2) is 12.4. The predicted molar refractivity (Wildman–Crippen MR) is 165 cm³/mol. The highest BCUT2D eigenvalue weighted by atomic mass is 32.2. The van der Waals surface area contributed by atoms with Crippen molar-refractivity contribution in [2.24, 2.45) is 11.8 Å². The molecular formula is C33H40N2O9S. The Bertz CT molecular complexity index is 1480. The van der Waals surface area contributed by atoms with Crippen molar-refractivity contribution in [1.29, 1.82) is 0 Å². The van der Waals surface area contributed by atoms with Crippen molar-refractivity contribution in [1.82, 2.24) is 10.2 Å². The van der Waals surface area contributed by atoms with Crippen LogP contribution in [0.4, 0.5) is 0 Å². The third-order valence-electron chi connectivity index (χ3n) is 10.1. The van der Waals surface area contributed by atoms with E-state index in [1.807, 2.05) is 4.90 Å². The Hall–Kier alpha value is -3.35. The molecule has 0 unspecified atom stereocenters. The molecule has 0 spiro atoms. The summed E-state index contributed by atoms with van der Waals surface area (Å²) in [6.45, 7) is 3.25. The fourth-order valence-corrected chi connectivity index (χ4v) is 9.35. The summed E-state index contributed by atoms with van der Waals surface area (Å²) in [4.78, 5) is 56.3. The maximum absolute atomic E-state index is 14.1. The molecule has 45 heavy (non-hydrogen) atoms. The number of esters is 1. The van der Waals surface area contributed by atoms with Gasteiger partial charge in [0.25, 0.3) is 5.91 Å². The van der Waals surface area contributed by atoms with E-state index in [1.165, 1.54) is 6.07 Å². The summed E-state index contributed by atoms with van der Waals surface area (Å²) in [5, 5.41) is 49.0. The van der Waals surface area contributed by atoms with Crippen LogP contribution in [0.25, 0.3) is 0 Å². The normalized spacial score (nSPS) is 30.3. The number of hydrogen-bond donors (Lipinski definition) is 5. The second-order valence-corrected chi connectivity index (χ2v) is 14.1. The van der Waals surface area contributed by atoms with Gasteiger partial charge in [-0.2, -0.15) is 11.8 Å². The van der Waals surface area contributed by atoms with Crippen LogP contribution in [-0.4, -0.2) is 91.2 Å². The van der Waals surface area contributed by atoms with Crippen molar-refractivity contribution < 1.29 is 44.3 Å². The highest BCUT2D eigenvalue weighted by Gasteiger charge is 2.66. The number of Topliss-reactive ketones (excluding diaryl/α,β-unsaturated/α-hetero) is 2. The molecule has 0 aromatic heterocycles. The SMILES string of the molecule is CCC(=O)O[C@H]1[C@H]2C(=C(O)[C@]3(O)C(=O)C(C(=O)NCN4CCCC4)=C(O)C[C@H]13)C(=O)c1c(O)cccc1[C@@H]2CSC1CCCC1. The number of amides is 1. The quantitative estimate of drug-likeness (QED) is 0.208. The average Bonchev–Trinajstić information content (AvgIpc) is 3.74. The van der Waals surface area contributed by atoms with E-state index < -0.39 is 76.4 Å². The molecule has 242 valence electrons. The number of nitrogens with zero attached hydrogens (tertiary/aromatic N) is 1. The van der Waals surface area contributed by atoms with E-state index in [9.17, 15) is 39.6 Å². The fraction of sp³-hybridized carbons (Fsp3) is 0.576. The third-order valence-corrected chi connectivity index (χ3v) is 11.6. The lowest BCUT2D eigenvalue weighted by molar-refractivity contribution is -0.174. The number of likely N-dealkylation sites (tertiary alicyclic amines) is 1. The number of benzene rings is 1. The number of carbonyl (C=O) groups is 4. The highest BCUT2D eigenvalue weighted by molar-refractivity contribution is 7.99. The summed E-state index contributed by atoms with van der Waals surface area (Å²) in [6, 6.07) is 4.72. The van der Waals surface area contributed by atoms with Crippen LogP contribution in [0.15, 0.2) is 40.9 Å². The molecule has 0 bridgehead atoms. The van der Waals surface area contributed by atoms with Gasteiger partial charge in [0.1, 0.15) is 28.9 Å². The smallest absolute Gasteiger partial charge is 0.305 e. The van der Waals surface area contributed by atoms with Gasteiger partial charge in [0, 0.05) is 47.2 Å². The van der Waals surface area contributed by atoms with Crippen LogP contribution in [0.5, 0.6) is 5.75 Å². The van der Waals surface area contributed by atoms with E-state index in [1.54, 1.807) is 30.8 Å². The molecule has 2 fully saturated rings. The van der Waals surface area contributed by atoms with Gasteiger partial charge in [-0.05, 0) is 50.4 Å². The topological polar surface area (TPSA) is 174 Å². The Morgan fingerprint density at radius 3 is 2.49 bits per heavy atom. The highest BCUT2D eigenvalue weighted by Crippen LogP contribution is 2.56. The molecule has 5 N–H and O–H groups in total. The van der Waals surface area contributed by atoms with E-state index >= 15 is 0 Å². The number of nitrogens with one attached hydrogen (secondary N) is 1. The van der Waals surface area contributed by atoms with E-state index in [2.05, 4.69) is 5.32 Å². The van der Waals surface area contributed by atoms with Crippen molar-refractivity contribution in [3.63, 3.8) is 0 Å². The van der Waals surface area contributed by atoms with Crippen LogP contribution in [0, 0.1) is 11.8 Å². The Labute approximate surface area is 265 Å². The first-order chi connectivity index (χ1) is 21.6. The Morgan fingerprint density at radius 1 is 1.09 bits per heavy atom. The van der Waals surface area contributed by atoms with Crippen LogP contribution in [0.3, 0.4) is 0 Å². The van der Waals surface area contributed by atoms with Gasteiger partial charge in [-0.25, -0.2) is 0 Å². The number of fused-ring (bicyclic) bond motifs is 3. The number of phenols is 1. The standard InChI is InChI=1S/C33H40N2O9S/c1-2-23(38)44-29-20-14-22(37)26(32(42)34-16-35-12-5-6-13-35)30(40)33(20,43)31(41)27-25(29)19(15-45-17-8-3-4-9-17)18-10-7-11-21(36)24(18)28(27)39/h7,10-11,17,19-20,25,29,36-37,41,43H,2-6,8-9,12-16H2,1H3,(H,34,42)/t19-,20+,25+,29+,33+/m0/s1. The summed E-state index contributed by atoms with van der Waals surface area (Å²) >= 11 is 1.71. The zero-order valence-corrected chi connectivity index (χ0v) is 26.1. The van der Waals surface area contributed by atoms with Crippen molar-refractivity contribution in [2.45, 2.75) is 81.2 Å². The molecule has 1 saturated carbocycles. The van der Waals surface area contributed by atoms with Gasteiger partial charge in [-0.15, -0.1) is 0 Å². The van der Waals surface area contributed by atoms with Crippen molar-refractivity contribution in [2.75, 3.05) is 25.5 Å². The number of thioether (sulfide) groups is 1. The Morgan fingerprint density at radius 2 is 1.80 bits per heavy atom. The van der Waals surface area contributed by atoms with Gasteiger partial charge < -0.3 is 30.5 Å². The molecule has 0 radical (unpaired) electrons. The lowest BCUT2D eigenvalue weighted by atomic mass is 9.56. The lowest BCUT2D eigenvalue weighted by Crippen LogP contribution is -2.63. The number of allylic oxidation sites excluding steroid dienone is 1. The number of ether oxygens (including phenoxy) is 1. The zero-order chi connectivity index (χ0) is 32.0. The van der Waals surface area contributed by atoms with E-state index in [0.717, 1.165) is 51.6 Å². The molecule has 5 atom stereocenters. The van der Waals surface area contributed by atoms with Crippen molar-refractivity contribution >= 4 is 35.2 Å². The minimum Gasteiger partial charge on any atom is -0.511 e. The number of phenolic OH excluding ortho intramolecular Hbond substituents is 1. The Kier molecular flexibility index (Phi) is 8.75. The molecule has 11 nitrogen and oxygen atoms in total. The molecular weight excluding hydrogens is 600 g/mol. The largest absolute Gasteiger partial charge is 0.511 e. The van der Waals surface area contributed by atoms with E-state index in [0.29, 0.717) is 16.6 Å². The predicted octanol–water partition coefficient (Wildman–Crippen LogP) is 3.41. The number of aliphatic hydroxyl groups is 3. The van der Waals surface area contributed by atoms with Crippen LogP contribution >= 0.6 is 11.8 Å². The van der Waals surface area contributed by atoms with Crippen LogP contribution in [-0.2, 0) is 19.1 Å². The summed E-state index contributed by atoms with van der Waals surface area (Å²) in [5.41, 5.74) is -3.38. The van der Waals surface area contributed by atoms with Gasteiger partial charge in [0.15, 0.2) is 11.4 Å². The van der Waals surface area contributed by atoms with E-state index in [-0.39, 0.29) is 30.0 Å². The number of rotatable bonds is 8. The molecule has 1 aromatic rings. The van der Waals surface area contributed by atoms with Crippen LogP contribution < -0.4 is 5.32 Å². The maximum Gasteiger partial charge on any atom is 0.305 e. The number of aliphatic hydroxyl groups excluding tert-OH is 2. The molecule has 1 amide bonds. The molecule has 1 aromatic carbocycles. The first-order valence-electron chi connectivity index (χ1n) is 15.9. The zero-order valence-electron chi connectivity index (χ0n) is 25.3. The first-order valence-corrected chi connectivity index (χ1v) is 16.9. The molecule has 1 saturated heterocycles. The van der Waals surface area contributed by atoms with Gasteiger partial charge in [0.2, 0.25) is 5.78 Å². The fourth-order valence-electron chi connectivity index (χ4n) is 7.82. The number of aromatic hydroxyl groups is 1. The number of carbonyl (C=O) groups excluding carboxylic acids is 4. The summed E-state index contributed by atoms with van der Waals surface area (Å²) in [6.07, 6.45) is 4.45. The summed E-state index contributed by atoms with van der Waals surface area (Å²) in [7, 11) is 0. The summed E-state index contributed by atoms with van der Waals surface area (Å²) < 4.78 is 5.93. The molecule has 1 aliphatic heterocycles. The minimum absolute atomic E-state index is 0.0356. The number of hydrogen-bond acceptors (Lipinski definition) is 11. The second-order valence-electron chi connectivity index (χ2n) is 12.7. The van der Waals surface area contributed by atoms with Gasteiger partial charge in [-0.1, -0.05) is 31.9 Å². The molecule has 5 aliphatic rings. The molecule has 1 heterocycles. The Balaban J connectivity index is 1.46. The first kappa shape index (κ1) is 31.6. The average molecular weight is 641 g/mol. The summed E-state index contributed by atoms with van der Waals surface area (Å²) in [5.74, 6) is -7.89. The van der Waals surface area contributed by atoms with Gasteiger partial charge in [0.05, 0.1) is 12.2 Å². The third kappa shape index (κ3) is 5.34. The monoisotopic (exact) mass is 640 g/mol. The minimum atomic E-state index is -2.84. The van der Waals surface area contributed by atoms with Crippen LogP contribution in [0.2, 0.25) is 0 Å². The van der Waals surface area contributed by atoms with E-state index in [4.69, 9.17) is 4.74 Å². The van der Waals surface area contributed by atoms with Gasteiger partial charge >= 0.3 is 5.97 Å². The van der Waals surface area contributed by atoms with Crippen LogP contribution in [0.1, 0.15) is 80.1 Å². The van der Waals surface area contributed by atoms with Crippen molar-refractivity contribution in [3.05, 3.63) is 52.0 Å².